The molecule has 1 rings (SSSR count). The molecule has 0 radical (unpaired) electrons. The maximum absolute atomic E-state index is 12.6. The lowest BCUT2D eigenvalue weighted by atomic mass is 10.1. The van der Waals surface area contributed by atoms with Gasteiger partial charge in [0.2, 0.25) is 10.0 Å². The van der Waals surface area contributed by atoms with Gasteiger partial charge in [-0.3, -0.25) is 4.79 Å². The van der Waals surface area contributed by atoms with E-state index in [2.05, 4.69) is 0 Å². The molecule has 20 heavy (non-hydrogen) atoms. The van der Waals surface area contributed by atoms with E-state index in [0.717, 1.165) is 16.3 Å². The summed E-state index contributed by atoms with van der Waals surface area (Å²) >= 11 is 0. The minimum atomic E-state index is -3.83. The third kappa shape index (κ3) is 3.02. The first-order valence-electron chi connectivity index (χ1n) is 6.53. The van der Waals surface area contributed by atoms with Crippen LogP contribution in [-0.4, -0.2) is 35.9 Å². The van der Waals surface area contributed by atoms with Gasteiger partial charge in [0.15, 0.2) is 0 Å². The zero-order chi connectivity index (χ0) is 15.6. The topological polar surface area (TPSA) is 74.7 Å². The average molecular weight is 299 g/mol. The minimum Gasteiger partial charge on any atom is -0.480 e. The largest absolute Gasteiger partial charge is 0.480 e. The third-order valence-electron chi connectivity index (χ3n) is 3.35. The molecule has 0 fully saturated rings. The van der Waals surface area contributed by atoms with E-state index in [-0.39, 0.29) is 11.4 Å². The van der Waals surface area contributed by atoms with Crippen molar-refractivity contribution in [2.45, 2.75) is 44.6 Å². The molecule has 1 aromatic rings. The predicted octanol–water partition coefficient (Wildman–Crippen LogP) is 2.12. The molecule has 0 aromatic heterocycles. The van der Waals surface area contributed by atoms with Gasteiger partial charge in [-0.2, -0.15) is 4.31 Å². The highest BCUT2D eigenvalue weighted by Crippen LogP contribution is 2.25. The standard InChI is InChI=1S/C14H21NO4S/c1-5-11-7-9-12(10-8-11)20(18,19)15(6-2)14(3,4)13(16)17/h7-10H,5-6H2,1-4H3,(H,16,17). The molecule has 0 spiro atoms. The second-order valence-electron chi connectivity index (χ2n) is 5.03. The number of rotatable bonds is 6. The van der Waals surface area contributed by atoms with Crippen LogP contribution in [0.4, 0.5) is 0 Å². The Morgan fingerprint density at radius 2 is 1.70 bits per heavy atom. The Kier molecular flexibility index (Phi) is 4.94. The van der Waals surface area contributed by atoms with Crippen molar-refractivity contribution in [1.29, 1.82) is 0 Å². The molecule has 0 unspecified atom stereocenters. The van der Waals surface area contributed by atoms with Crippen LogP contribution in [0.5, 0.6) is 0 Å². The van der Waals surface area contributed by atoms with E-state index in [0.29, 0.717) is 0 Å². The van der Waals surface area contributed by atoms with Crippen LogP contribution in [-0.2, 0) is 21.2 Å². The molecular weight excluding hydrogens is 278 g/mol. The smallest absolute Gasteiger partial charge is 0.324 e. The molecule has 0 saturated carbocycles. The van der Waals surface area contributed by atoms with Gasteiger partial charge in [-0.25, -0.2) is 8.42 Å². The van der Waals surface area contributed by atoms with Gasteiger partial charge in [-0.15, -0.1) is 0 Å². The van der Waals surface area contributed by atoms with E-state index < -0.39 is 21.5 Å². The summed E-state index contributed by atoms with van der Waals surface area (Å²) in [5.74, 6) is -1.17. The monoisotopic (exact) mass is 299 g/mol. The number of carbonyl (C=O) groups is 1. The van der Waals surface area contributed by atoms with Crippen molar-refractivity contribution >= 4 is 16.0 Å². The molecule has 5 nitrogen and oxygen atoms in total. The van der Waals surface area contributed by atoms with Gasteiger partial charge in [0.1, 0.15) is 5.54 Å². The fourth-order valence-corrected chi connectivity index (χ4v) is 3.75. The molecule has 0 bridgehead atoms. The van der Waals surface area contributed by atoms with Gasteiger partial charge >= 0.3 is 5.97 Å². The average Bonchev–Trinajstić information content (AvgIpc) is 2.38. The minimum absolute atomic E-state index is 0.0944. The van der Waals surface area contributed by atoms with Crippen molar-refractivity contribution in [2.24, 2.45) is 0 Å². The second-order valence-corrected chi connectivity index (χ2v) is 6.89. The summed E-state index contributed by atoms with van der Waals surface area (Å²) in [5, 5.41) is 9.23. The lowest BCUT2D eigenvalue weighted by Gasteiger charge is -2.33. The fourth-order valence-electron chi connectivity index (χ4n) is 2.00. The van der Waals surface area contributed by atoms with E-state index >= 15 is 0 Å². The van der Waals surface area contributed by atoms with E-state index in [1.807, 2.05) is 6.92 Å². The molecule has 0 aliphatic carbocycles. The molecule has 0 aliphatic rings. The molecule has 112 valence electrons. The molecule has 6 heteroatoms. The number of aryl methyl sites for hydroxylation is 1. The number of benzene rings is 1. The zero-order valence-electron chi connectivity index (χ0n) is 12.3. The Morgan fingerprint density at radius 1 is 1.20 bits per heavy atom. The number of sulfonamides is 1. The molecule has 1 aromatic carbocycles. The van der Waals surface area contributed by atoms with Crippen LogP contribution in [0.15, 0.2) is 29.2 Å². The molecule has 0 heterocycles. The Labute approximate surface area is 120 Å². The van der Waals surface area contributed by atoms with Crippen LogP contribution < -0.4 is 0 Å². The van der Waals surface area contributed by atoms with Gasteiger partial charge in [-0.05, 0) is 38.0 Å². The van der Waals surface area contributed by atoms with Gasteiger partial charge < -0.3 is 5.11 Å². The predicted molar refractivity (Wildman–Crippen MR) is 77.1 cm³/mol. The van der Waals surface area contributed by atoms with Crippen LogP contribution in [0.2, 0.25) is 0 Å². The van der Waals surface area contributed by atoms with Crippen LogP contribution in [0.1, 0.15) is 33.3 Å². The second kappa shape index (κ2) is 5.93. The lowest BCUT2D eigenvalue weighted by Crippen LogP contribution is -2.52. The SMILES string of the molecule is CCc1ccc(S(=O)(=O)N(CC)C(C)(C)C(=O)O)cc1. The molecule has 0 saturated heterocycles. The summed E-state index contributed by atoms with van der Waals surface area (Å²) in [6.45, 7) is 6.47. The van der Waals surface area contributed by atoms with E-state index in [4.69, 9.17) is 0 Å². The Bertz CT molecular complexity index is 576. The highest BCUT2D eigenvalue weighted by Gasteiger charge is 2.41. The van der Waals surface area contributed by atoms with Crippen LogP contribution >= 0.6 is 0 Å². The maximum Gasteiger partial charge on any atom is 0.324 e. The number of nitrogens with zero attached hydrogens (tertiary/aromatic N) is 1. The molecule has 1 N–H and O–H groups in total. The quantitative estimate of drug-likeness (QED) is 0.873. The van der Waals surface area contributed by atoms with Crippen LogP contribution in [0.3, 0.4) is 0 Å². The first kappa shape index (κ1) is 16.7. The van der Waals surface area contributed by atoms with Gasteiger partial charge in [0.05, 0.1) is 4.90 Å². The number of aliphatic carboxylic acids is 1. The van der Waals surface area contributed by atoms with Gasteiger partial charge in [0, 0.05) is 6.54 Å². The van der Waals surface area contributed by atoms with Gasteiger partial charge in [0.25, 0.3) is 0 Å². The lowest BCUT2D eigenvalue weighted by molar-refractivity contribution is -0.146. The molecule has 0 amide bonds. The van der Waals surface area contributed by atoms with Crippen molar-refractivity contribution in [2.75, 3.05) is 6.54 Å². The first-order chi connectivity index (χ1) is 9.17. The highest BCUT2D eigenvalue weighted by molar-refractivity contribution is 7.89. The summed E-state index contributed by atoms with van der Waals surface area (Å²) in [6, 6.07) is 6.53. The number of carboxylic acids is 1. The summed E-state index contributed by atoms with van der Waals surface area (Å²) in [4.78, 5) is 11.4. The zero-order valence-corrected chi connectivity index (χ0v) is 13.1. The number of likely N-dealkylation sites (N-methyl/N-ethyl adjacent to an activating group) is 1. The summed E-state index contributed by atoms with van der Waals surface area (Å²) in [6.07, 6.45) is 0.818. The summed E-state index contributed by atoms with van der Waals surface area (Å²) in [5.41, 5.74) is -0.457. The Morgan fingerprint density at radius 3 is 2.05 bits per heavy atom. The normalized spacial score (nSPS) is 12.7. The highest BCUT2D eigenvalue weighted by atomic mass is 32.2. The summed E-state index contributed by atoms with van der Waals surface area (Å²) < 4.78 is 26.2. The molecule has 0 atom stereocenters. The summed E-state index contributed by atoms with van der Waals surface area (Å²) in [7, 11) is -3.83. The Hall–Kier alpha value is -1.40. The number of carboxylic acid groups (broad SMARTS) is 1. The van der Waals surface area contributed by atoms with E-state index in [9.17, 15) is 18.3 Å². The van der Waals surface area contributed by atoms with Crippen LogP contribution in [0, 0.1) is 0 Å². The number of hydrogen-bond acceptors (Lipinski definition) is 3. The molecule has 0 aliphatic heterocycles. The third-order valence-corrected chi connectivity index (χ3v) is 5.52. The van der Waals surface area contributed by atoms with E-state index in [1.54, 1.807) is 19.1 Å². The van der Waals surface area contributed by atoms with Crippen molar-refractivity contribution in [3.63, 3.8) is 0 Å². The van der Waals surface area contributed by atoms with Gasteiger partial charge in [-0.1, -0.05) is 26.0 Å². The van der Waals surface area contributed by atoms with Crippen molar-refractivity contribution in [3.8, 4) is 0 Å². The first-order valence-corrected chi connectivity index (χ1v) is 7.97. The van der Waals surface area contributed by atoms with Crippen molar-refractivity contribution < 1.29 is 18.3 Å². The maximum atomic E-state index is 12.6. The van der Waals surface area contributed by atoms with Crippen LogP contribution in [0.25, 0.3) is 0 Å². The molecular formula is C14H21NO4S. The fraction of sp³-hybridized carbons (Fsp3) is 0.500. The Balaban J connectivity index is 3.28. The van der Waals surface area contributed by atoms with E-state index in [1.165, 1.54) is 26.0 Å². The number of hydrogen-bond donors (Lipinski definition) is 1. The van der Waals surface area contributed by atoms with Crippen molar-refractivity contribution in [3.05, 3.63) is 29.8 Å². The van der Waals surface area contributed by atoms with Crippen molar-refractivity contribution in [1.82, 2.24) is 4.31 Å².